The van der Waals surface area contributed by atoms with Crippen molar-refractivity contribution in [1.29, 1.82) is 0 Å². The monoisotopic (exact) mass is 345 g/mol. The summed E-state index contributed by atoms with van der Waals surface area (Å²) in [6, 6.07) is 2.84. The minimum Gasteiger partial charge on any atom is -0.494 e. The number of ether oxygens (including phenoxy) is 1. The largest absolute Gasteiger partial charge is 0.494 e. The second-order valence-electron chi connectivity index (χ2n) is 4.46. The molecule has 0 amide bonds. The average Bonchev–Trinajstić information content (AvgIpc) is 2.51. The minimum absolute atomic E-state index is 0.159. The van der Waals surface area contributed by atoms with Crippen LogP contribution in [-0.2, 0) is 17.1 Å². The van der Waals surface area contributed by atoms with Crippen molar-refractivity contribution in [2.75, 3.05) is 14.2 Å². The zero-order valence-electron chi connectivity index (χ0n) is 12.4. The van der Waals surface area contributed by atoms with Crippen molar-refractivity contribution in [3.05, 3.63) is 52.0 Å². The predicted molar refractivity (Wildman–Crippen MR) is 76.7 cm³/mol. The maximum atomic E-state index is 13.9. The van der Waals surface area contributed by atoms with E-state index in [2.05, 4.69) is 4.99 Å². The molecule has 1 aromatic heterocycles. The molecule has 0 spiro atoms. The van der Waals surface area contributed by atoms with E-state index in [9.17, 15) is 22.0 Å². The molecule has 0 aliphatic rings. The van der Waals surface area contributed by atoms with Gasteiger partial charge in [0.2, 0.25) is 0 Å². The maximum absolute atomic E-state index is 13.9. The predicted octanol–water partition coefficient (Wildman–Crippen LogP) is 0.241. The highest BCUT2D eigenvalue weighted by Crippen LogP contribution is 2.21. The highest BCUT2D eigenvalue weighted by molar-refractivity contribution is 7.90. The van der Waals surface area contributed by atoms with Gasteiger partial charge in [0.1, 0.15) is 0 Å². The Morgan fingerprint density at radius 2 is 1.87 bits per heavy atom. The van der Waals surface area contributed by atoms with Crippen molar-refractivity contribution in [3.63, 3.8) is 0 Å². The van der Waals surface area contributed by atoms with Gasteiger partial charge in [0.05, 0.1) is 18.2 Å². The first-order valence-corrected chi connectivity index (χ1v) is 7.68. The van der Waals surface area contributed by atoms with Crippen LogP contribution in [0.4, 0.5) is 8.78 Å². The zero-order valence-corrected chi connectivity index (χ0v) is 13.3. The molecule has 10 heteroatoms. The number of halogens is 2. The van der Waals surface area contributed by atoms with Crippen LogP contribution in [0.2, 0.25) is 0 Å². The number of hydrogen-bond acceptors (Lipinski definition) is 5. The smallest absolute Gasteiger partial charge is 0.343 e. The molecule has 0 aliphatic heterocycles. The van der Waals surface area contributed by atoms with Crippen molar-refractivity contribution in [2.24, 2.45) is 12.0 Å². The summed E-state index contributed by atoms with van der Waals surface area (Å²) >= 11 is 0. The van der Waals surface area contributed by atoms with Crippen LogP contribution in [0.15, 0.2) is 39.1 Å². The minimum atomic E-state index is -4.48. The van der Waals surface area contributed by atoms with Crippen molar-refractivity contribution in [3.8, 4) is 5.75 Å². The Morgan fingerprint density at radius 3 is 2.39 bits per heavy atom. The molecule has 0 bridgehead atoms. The van der Waals surface area contributed by atoms with E-state index < -0.39 is 32.2 Å². The van der Waals surface area contributed by atoms with Crippen molar-refractivity contribution < 1.29 is 21.9 Å². The number of methoxy groups -OCH3 is 1. The third kappa shape index (κ3) is 2.77. The molecule has 0 aliphatic carbocycles. The Morgan fingerprint density at radius 1 is 1.22 bits per heavy atom. The maximum Gasteiger partial charge on any atom is 0.343 e. The first-order chi connectivity index (χ1) is 10.7. The summed E-state index contributed by atoms with van der Waals surface area (Å²) in [6.07, 6.45) is 0.502. The molecule has 2 aromatic rings. The molecular weight excluding hydrogens is 332 g/mol. The number of nitrogens with zero attached hydrogens (tertiary/aromatic N) is 3. The Bertz CT molecular complexity index is 993. The quantitative estimate of drug-likeness (QED) is 0.798. The molecule has 1 aromatic carbocycles. The van der Waals surface area contributed by atoms with Crippen LogP contribution in [-0.4, -0.2) is 31.1 Å². The van der Waals surface area contributed by atoms with E-state index in [1.54, 1.807) is 0 Å². The van der Waals surface area contributed by atoms with E-state index in [1.807, 2.05) is 0 Å². The van der Waals surface area contributed by atoms with Gasteiger partial charge < -0.3 is 4.74 Å². The highest BCUT2D eigenvalue weighted by Gasteiger charge is 2.22. The molecule has 1 heterocycles. The lowest BCUT2D eigenvalue weighted by molar-refractivity contribution is 0.385. The molecule has 0 atom stereocenters. The van der Waals surface area contributed by atoms with E-state index in [4.69, 9.17) is 4.74 Å². The second-order valence-corrected chi connectivity index (χ2v) is 6.28. The molecular formula is C13H13F2N3O4S. The van der Waals surface area contributed by atoms with Crippen LogP contribution in [0.5, 0.6) is 5.75 Å². The van der Waals surface area contributed by atoms with Crippen molar-refractivity contribution >= 4 is 10.0 Å². The molecule has 0 unspecified atom stereocenters. The Labute approximate surface area is 130 Å². The lowest BCUT2D eigenvalue weighted by Crippen LogP contribution is -2.42. The summed E-state index contributed by atoms with van der Waals surface area (Å²) < 4.78 is 58.1. The molecule has 2 rings (SSSR count). The number of rotatable bonds is 3. The third-order valence-electron chi connectivity index (χ3n) is 3.13. The van der Waals surface area contributed by atoms with Crippen LogP contribution in [0.1, 0.15) is 0 Å². The third-order valence-corrected chi connectivity index (χ3v) is 4.76. The number of benzene rings is 1. The lowest BCUT2D eigenvalue weighted by Gasteiger charge is -2.11. The van der Waals surface area contributed by atoms with Crippen LogP contribution in [0.3, 0.4) is 0 Å². The SMILES string of the molecule is CN=c1c(F)cn(S(=O)(=O)c2ccc(OC)c(F)c2)c(=O)n1C. The van der Waals surface area contributed by atoms with Gasteiger partial charge in [-0.1, -0.05) is 0 Å². The topological polar surface area (TPSA) is 82.7 Å². The van der Waals surface area contributed by atoms with Gasteiger partial charge in [0.15, 0.2) is 22.9 Å². The number of hydrogen-bond donors (Lipinski definition) is 0. The molecule has 0 radical (unpaired) electrons. The van der Waals surface area contributed by atoms with E-state index in [-0.39, 0.29) is 15.2 Å². The highest BCUT2D eigenvalue weighted by atomic mass is 32.2. The molecule has 0 N–H and O–H groups in total. The van der Waals surface area contributed by atoms with Crippen molar-refractivity contribution in [1.82, 2.24) is 8.54 Å². The normalized spacial score (nSPS) is 12.5. The molecule has 0 fully saturated rings. The van der Waals surface area contributed by atoms with Gasteiger partial charge in [-0.25, -0.2) is 22.0 Å². The molecule has 124 valence electrons. The molecule has 0 saturated carbocycles. The van der Waals surface area contributed by atoms with Gasteiger partial charge in [-0.05, 0) is 18.2 Å². The summed E-state index contributed by atoms with van der Waals surface area (Å²) in [5.74, 6) is -2.09. The molecule has 0 saturated heterocycles. The average molecular weight is 345 g/mol. The summed E-state index contributed by atoms with van der Waals surface area (Å²) in [6.45, 7) is 0. The number of aromatic nitrogens is 2. The fraction of sp³-hybridized carbons (Fsp3) is 0.231. The van der Waals surface area contributed by atoms with Gasteiger partial charge in [0, 0.05) is 14.1 Å². The van der Waals surface area contributed by atoms with E-state index in [0.29, 0.717) is 12.3 Å². The van der Waals surface area contributed by atoms with Crippen LogP contribution >= 0.6 is 0 Å². The lowest BCUT2D eigenvalue weighted by atomic mass is 10.3. The second kappa shape index (κ2) is 5.95. The zero-order chi connectivity index (χ0) is 17.4. The van der Waals surface area contributed by atoms with Crippen molar-refractivity contribution in [2.45, 2.75) is 4.90 Å². The summed E-state index contributed by atoms with van der Waals surface area (Å²) in [5, 5.41) is 0. The van der Waals surface area contributed by atoms with Gasteiger partial charge in [-0.15, -0.1) is 0 Å². The summed E-state index contributed by atoms with van der Waals surface area (Å²) in [5.41, 5.74) is -1.34. The van der Waals surface area contributed by atoms with E-state index in [0.717, 1.165) is 16.7 Å². The first kappa shape index (κ1) is 16.9. The summed E-state index contributed by atoms with van der Waals surface area (Å²) in [4.78, 5) is 15.2. The van der Waals surface area contributed by atoms with Gasteiger partial charge >= 0.3 is 5.69 Å². The molecule has 23 heavy (non-hydrogen) atoms. The van der Waals surface area contributed by atoms with Gasteiger partial charge in [-0.3, -0.25) is 9.56 Å². The molecule has 7 nitrogen and oxygen atoms in total. The van der Waals surface area contributed by atoms with E-state index in [1.165, 1.54) is 21.2 Å². The van der Waals surface area contributed by atoms with Gasteiger partial charge in [0.25, 0.3) is 10.0 Å². The van der Waals surface area contributed by atoms with Crippen LogP contribution < -0.4 is 15.9 Å². The Kier molecular flexibility index (Phi) is 4.37. The fourth-order valence-corrected chi connectivity index (χ4v) is 3.24. The first-order valence-electron chi connectivity index (χ1n) is 6.24. The van der Waals surface area contributed by atoms with E-state index >= 15 is 0 Å². The van der Waals surface area contributed by atoms with Crippen LogP contribution in [0, 0.1) is 11.6 Å². The fourth-order valence-electron chi connectivity index (χ4n) is 1.96. The van der Waals surface area contributed by atoms with Gasteiger partial charge in [-0.2, -0.15) is 3.97 Å². The van der Waals surface area contributed by atoms with Crippen LogP contribution in [0.25, 0.3) is 0 Å². The summed E-state index contributed by atoms with van der Waals surface area (Å²) in [7, 11) is -0.825. The Hall–Kier alpha value is -2.49. The standard InChI is InChI=1S/C13H13F2N3O4S/c1-16-12-10(15)7-18(13(19)17(12)2)23(20,21)8-4-5-11(22-3)9(14)6-8/h4-7H,1-3H3. The Balaban J connectivity index is 2.76.